The van der Waals surface area contributed by atoms with Crippen molar-refractivity contribution in [3.05, 3.63) is 65.2 Å². The number of nitrogens with zero attached hydrogens (tertiary/aromatic N) is 2. The molecule has 4 rings (SSSR count). The van der Waals surface area contributed by atoms with Crippen LogP contribution in [0.5, 0.6) is 0 Å². The van der Waals surface area contributed by atoms with Gasteiger partial charge in [-0.15, -0.1) is 0 Å². The van der Waals surface area contributed by atoms with Gasteiger partial charge in [0.25, 0.3) is 11.8 Å². The molecule has 0 aliphatic carbocycles. The molecule has 28 heavy (non-hydrogen) atoms. The topological polar surface area (TPSA) is 52.7 Å². The minimum atomic E-state index is -0.0895. The molecule has 1 unspecified atom stereocenters. The standard InChI is InChI=1S/C23H27N3O2/c1-2-25-20-16-18(22(27)24-14-13-17-8-4-3-5-9-17)11-12-19(20)23(28)26-15-7-6-10-21(25)26/h3-5,8-9,11-12,16,21H,2,6-7,10,13-15H2,1H3,(H,24,27). The Morgan fingerprint density at radius 2 is 1.96 bits per heavy atom. The molecule has 1 atom stereocenters. The molecule has 2 amide bonds. The highest BCUT2D eigenvalue weighted by Crippen LogP contribution is 2.35. The summed E-state index contributed by atoms with van der Waals surface area (Å²) in [5, 5.41) is 3.00. The molecule has 1 fully saturated rings. The normalized spacial score (nSPS) is 18.5. The molecule has 5 nitrogen and oxygen atoms in total. The zero-order valence-electron chi connectivity index (χ0n) is 16.4. The van der Waals surface area contributed by atoms with Crippen LogP contribution in [0.15, 0.2) is 48.5 Å². The lowest BCUT2D eigenvalue weighted by Gasteiger charge is -2.47. The van der Waals surface area contributed by atoms with Crippen LogP contribution in [0.2, 0.25) is 0 Å². The number of hydrogen-bond donors (Lipinski definition) is 1. The predicted octanol–water partition coefficient (Wildman–Crippen LogP) is 3.45. The van der Waals surface area contributed by atoms with Gasteiger partial charge in [0.1, 0.15) is 6.17 Å². The Morgan fingerprint density at radius 3 is 2.75 bits per heavy atom. The highest BCUT2D eigenvalue weighted by Gasteiger charge is 2.38. The van der Waals surface area contributed by atoms with Crippen LogP contribution in [-0.4, -0.2) is 42.5 Å². The van der Waals surface area contributed by atoms with Crippen LogP contribution in [0.1, 0.15) is 52.5 Å². The lowest BCUT2D eigenvalue weighted by Crippen LogP contribution is -2.57. The van der Waals surface area contributed by atoms with Gasteiger partial charge in [-0.2, -0.15) is 0 Å². The fourth-order valence-electron chi connectivity index (χ4n) is 4.33. The largest absolute Gasteiger partial charge is 0.352 e. The summed E-state index contributed by atoms with van der Waals surface area (Å²) in [4.78, 5) is 29.8. The Balaban J connectivity index is 1.51. The Morgan fingerprint density at radius 1 is 1.14 bits per heavy atom. The monoisotopic (exact) mass is 377 g/mol. The number of anilines is 1. The van der Waals surface area contributed by atoms with E-state index >= 15 is 0 Å². The SMILES string of the molecule is CCN1c2cc(C(=O)NCCc3ccccc3)ccc2C(=O)N2CCCCC21. The minimum Gasteiger partial charge on any atom is -0.352 e. The molecule has 0 saturated carbocycles. The summed E-state index contributed by atoms with van der Waals surface area (Å²) in [7, 11) is 0. The third kappa shape index (κ3) is 3.49. The summed E-state index contributed by atoms with van der Waals surface area (Å²) in [6, 6.07) is 15.6. The predicted molar refractivity (Wildman–Crippen MR) is 111 cm³/mol. The zero-order chi connectivity index (χ0) is 19.5. The van der Waals surface area contributed by atoms with Crippen LogP contribution in [0.25, 0.3) is 0 Å². The van der Waals surface area contributed by atoms with E-state index in [9.17, 15) is 9.59 Å². The van der Waals surface area contributed by atoms with Crippen molar-refractivity contribution in [2.75, 3.05) is 24.5 Å². The average molecular weight is 377 g/mol. The van der Waals surface area contributed by atoms with Crippen LogP contribution in [0, 0.1) is 0 Å². The summed E-state index contributed by atoms with van der Waals surface area (Å²) in [6.07, 6.45) is 4.12. The van der Waals surface area contributed by atoms with Gasteiger partial charge in [-0.3, -0.25) is 9.59 Å². The van der Waals surface area contributed by atoms with E-state index in [2.05, 4.69) is 29.3 Å². The first-order valence-electron chi connectivity index (χ1n) is 10.2. The number of fused-ring (bicyclic) bond motifs is 2. The van der Waals surface area contributed by atoms with E-state index in [0.29, 0.717) is 17.7 Å². The smallest absolute Gasteiger partial charge is 0.257 e. The van der Waals surface area contributed by atoms with Gasteiger partial charge in [0.05, 0.1) is 11.3 Å². The molecule has 0 radical (unpaired) electrons. The molecule has 146 valence electrons. The number of amides is 2. The maximum atomic E-state index is 12.9. The second-order valence-electron chi connectivity index (χ2n) is 7.48. The molecular formula is C23H27N3O2. The lowest BCUT2D eigenvalue weighted by atomic mass is 9.97. The maximum absolute atomic E-state index is 12.9. The second-order valence-corrected chi connectivity index (χ2v) is 7.48. The number of hydrogen-bond acceptors (Lipinski definition) is 3. The third-order valence-corrected chi connectivity index (χ3v) is 5.77. The van der Waals surface area contributed by atoms with E-state index in [0.717, 1.165) is 44.5 Å². The Labute approximate surface area is 166 Å². The number of carbonyl (C=O) groups excluding carboxylic acids is 2. The molecule has 1 saturated heterocycles. The molecule has 5 heteroatoms. The van der Waals surface area contributed by atoms with Gasteiger partial charge in [-0.25, -0.2) is 0 Å². The molecule has 1 N–H and O–H groups in total. The summed E-state index contributed by atoms with van der Waals surface area (Å²) >= 11 is 0. The minimum absolute atomic E-state index is 0.0895. The van der Waals surface area contributed by atoms with E-state index in [1.54, 1.807) is 6.07 Å². The van der Waals surface area contributed by atoms with Crippen molar-refractivity contribution in [3.63, 3.8) is 0 Å². The summed E-state index contributed by atoms with van der Waals surface area (Å²) in [5.74, 6) is 0.00810. The van der Waals surface area contributed by atoms with Gasteiger partial charge < -0.3 is 15.1 Å². The lowest BCUT2D eigenvalue weighted by molar-refractivity contribution is 0.0582. The highest BCUT2D eigenvalue weighted by molar-refractivity contribution is 6.04. The van der Waals surface area contributed by atoms with Crippen molar-refractivity contribution in [3.8, 4) is 0 Å². The van der Waals surface area contributed by atoms with Gasteiger partial charge in [-0.1, -0.05) is 30.3 Å². The number of benzene rings is 2. The van der Waals surface area contributed by atoms with Crippen LogP contribution in [-0.2, 0) is 6.42 Å². The van der Waals surface area contributed by atoms with Crippen molar-refractivity contribution < 1.29 is 9.59 Å². The van der Waals surface area contributed by atoms with Gasteiger partial charge in [0.15, 0.2) is 0 Å². The van der Waals surface area contributed by atoms with E-state index in [1.165, 1.54) is 5.56 Å². The van der Waals surface area contributed by atoms with Gasteiger partial charge in [0, 0.05) is 25.2 Å². The molecule has 0 bridgehead atoms. The zero-order valence-corrected chi connectivity index (χ0v) is 16.4. The molecule has 2 aliphatic heterocycles. The third-order valence-electron chi connectivity index (χ3n) is 5.77. The van der Waals surface area contributed by atoms with E-state index in [-0.39, 0.29) is 18.0 Å². The number of carbonyl (C=O) groups is 2. The second kappa shape index (κ2) is 8.05. The Hall–Kier alpha value is -2.82. The molecule has 0 aromatic heterocycles. The highest BCUT2D eigenvalue weighted by atomic mass is 16.2. The van der Waals surface area contributed by atoms with Crippen molar-refractivity contribution in [1.82, 2.24) is 10.2 Å². The van der Waals surface area contributed by atoms with Crippen molar-refractivity contribution in [2.45, 2.75) is 38.8 Å². The van der Waals surface area contributed by atoms with Crippen LogP contribution in [0.3, 0.4) is 0 Å². The Kier molecular flexibility index (Phi) is 5.33. The van der Waals surface area contributed by atoms with Gasteiger partial charge in [0.2, 0.25) is 0 Å². The average Bonchev–Trinajstić information content (AvgIpc) is 2.74. The molecular weight excluding hydrogens is 350 g/mol. The van der Waals surface area contributed by atoms with Crippen LogP contribution >= 0.6 is 0 Å². The summed E-state index contributed by atoms with van der Waals surface area (Å²) < 4.78 is 0. The number of piperidine rings is 1. The van der Waals surface area contributed by atoms with E-state index in [1.807, 2.05) is 35.2 Å². The van der Waals surface area contributed by atoms with E-state index < -0.39 is 0 Å². The van der Waals surface area contributed by atoms with E-state index in [4.69, 9.17) is 0 Å². The Bertz CT molecular complexity index is 865. The summed E-state index contributed by atoms with van der Waals surface area (Å²) in [5.41, 5.74) is 3.42. The molecule has 2 aromatic rings. The fourth-order valence-corrected chi connectivity index (χ4v) is 4.33. The van der Waals surface area contributed by atoms with Gasteiger partial charge >= 0.3 is 0 Å². The van der Waals surface area contributed by atoms with Crippen LogP contribution in [0.4, 0.5) is 5.69 Å². The first-order valence-corrected chi connectivity index (χ1v) is 10.2. The molecule has 2 aliphatic rings. The van der Waals surface area contributed by atoms with Crippen LogP contribution < -0.4 is 10.2 Å². The van der Waals surface area contributed by atoms with Crippen molar-refractivity contribution in [1.29, 1.82) is 0 Å². The fraction of sp³-hybridized carbons (Fsp3) is 0.391. The molecule has 0 spiro atoms. The first kappa shape index (κ1) is 18.5. The maximum Gasteiger partial charge on any atom is 0.257 e. The number of rotatable bonds is 5. The number of nitrogens with one attached hydrogen (secondary N) is 1. The van der Waals surface area contributed by atoms with Gasteiger partial charge in [-0.05, 0) is 56.4 Å². The summed E-state index contributed by atoms with van der Waals surface area (Å²) in [6.45, 7) is 4.34. The molecule has 2 heterocycles. The van der Waals surface area contributed by atoms with Crippen molar-refractivity contribution >= 4 is 17.5 Å². The van der Waals surface area contributed by atoms with Crippen molar-refractivity contribution in [2.24, 2.45) is 0 Å². The quantitative estimate of drug-likeness (QED) is 0.868. The molecule has 2 aromatic carbocycles. The first-order chi connectivity index (χ1) is 13.7.